The number of hydrogen-bond donors (Lipinski definition) is 0. The summed E-state index contributed by atoms with van der Waals surface area (Å²) in [6.45, 7) is 0. The third-order valence-corrected chi connectivity index (χ3v) is 1.80. The number of benzene rings is 1. The predicted molar refractivity (Wildman–Crippen MR) is 51.5 cm³/mol. The molecule has 85 valence electrons. The second-order valence-electron chi connectivity index (χ2n) is 2.46. The van der Waals surface area contributed by atoms with Gasteiger partial charge in [-0.25, -0.2) is 0 Å². The zero-order chi connectivity index (χ0) is 10.6. The van der Waals surface area contributed by atoms with E-state index in [0.717, 1.165) is 0 Å². The Balaban J connectivity index is 0.00000196. The molecular weight excluding hydrogens is 239 g/mol. The monoisotopic (exact) mass is 252 g/mol. The van der Waals surface area contributed by atoms with Crippen LogP contribution in [0.4, 0.5) is 0 Å². The molecule has 0 saturated carbocycles. The van der Waals surface area contributed by atoms with Gasteiger partial charge in [0.1, 0.15) is 0 Å². The number of ether oxygens (including phenoxy) is 4. The Labute approximate surface area is 99.9 Å². The number of methoxy groups -OCH3 is 4. The fourth-order valence-electron chi connectivity index (χ4n) is 1.16. The molecule has 0 atom stereocenters. The Bertz CT molecular complexity index is 284. The summed E-state index contributed by atoms with van der Waals surface area (Å²) in [6, 6.07) is 4.52. The molecule has 1 aromatic rings. The molecule has 4 nitrogen and oxygen atoms in total. The normalized spacial score (nSPS) is 8.80. The van der Waals surface area contributed by atoms with E-state index in [1.54, 1.807) is 27.4 Å². The van der Waals surface area contributed by atoms with E-state index in [-0.39, 0.29) is 17.1 Å². The van der Waals surface area contributed by atoms with Crippen LogP contribution in [0, 0.1) is 6.07 Å². The van der Waals surface area contributed by atoms with E-state index < -0.39 is 0 Å². The maximum absolute atomic E-state index is 5.15. The van der Waals surface area contributed by atoms with Gasteiger partial charge in [-0.3, -0.25) is 0 Å². The predicted octanol–water partition coefficient (Wildman–Crippen LogP) is 1.52. The van der Waals surface area contributed by atoms with Crippen LogP contribution < -0.4 is 18.9 Å². The molecule has 0 amide bonds. The molecule has 0 aliphatic heterocycles. The Hall–Kier alpha value is -1.06. The molecule has 0 unspecified atom stereocenters. The first-order valence-electron chi connectivity index (χ1n) is 4.03. The molecule has 0 aliphatic carbocycles. The molecule has 0 heterocycles. The zero-order valence-corrected chi connectivity index (χ0v) is 10.3. The molecule has 0 aliphatic rings. The first-order chi connectivity index (χ1) is 6.78. The standard InChI is InChI=1S/C10H13O4.Mn/c1-11-7-5-6-8(12-2)10(14-4)9(7)13-3;/h5H,1-4H3;/q-1;. The van der Waals surface area contributed by atoms with Gasteiger partial charge in [0, 0.05) is 17.1 Å². The van der Waals surface area contributed by atoms with Crippen molar-refractivity contribution in [3.05, 3.63) is 12.1 Å². The van der Waals surface area contributed by atoms with Gasteiger partial charge in [0.15, 0.2) is 0 Å². The summed E-state index contributed by atoms with van der Waals surface area (Å²) < 4.78 is 20.4. The second-order valence-corrected chi connectivity index (χ2v) is 2.46. The third kappa shape index (κ3) is 2.70. The van der Waals surface area contributed by atoms with Crippen molar-refractivity contribution >= 4 is 0 Å². The van der Waals surface area contributed by atoms with Gasteiger partial charge in [0.05, 0.1) is 51.4 Å². The molecule has 1 radical (unpaired) electrons. The van der Waals surface area contributed by atoms with Gasteiger partial charge in [0.2, 0.25) is 0 Å². The molecule has 0 saturated heterocycles. The smallest absolute Gasteiger partial charge is 0.0960 e. The van der Waals surface area contributed by atoms with Crippen LogP contribution in [-0.4, -0.2) is 28.4 Å². The van der Waals surface area contributed by atoms with Gasteiger partial charge < -0.3 is 18.9 Å². The minimum atomic E-state index is 0. The largest absolute Gasteiger partial charge is 0.550 e. The molecule has 15 heavy (non-hydrogen) atoms. The van der Waals surface area contributed by atoms with Crippen LogP contribution in [0.15, 0.2) is 6.07 Å². The van der Waals surface area contributed by atoms with Crippen molar-refractivity contribution in [2.24, 2.45) is 0 Å². The molecule has 0 aromatic heterocycles. The van der Waals surface area contributed by atoms with Gasteiger partial charge in [-0.2, -0.15) is 0 Å². The minimum Gasteiger partial charge on any atom is -0.550 e. The average molecular weight is 252 g/mol. The maximum atomic E-state index is 5.15. The second kappa shape index (κ2) is 6.43. The summed E-state index contributed by atoms with van der Waals surface area (Å²) in [5.74, 6) is 2.04. The molecule has 1 rings (SSSR count). The Morgan fingerprint density at radius 3 is 1.87 bits per heavy atom. The van der Waals surface area contributed by atoms with Crippen LogP contribution in [0.2, 0.25) is 0 Å². The van der Waals surface area contributed by atoms with E-state index in [2.05, 4.69) is 6.07 Å². The molecule has 0 N–H and O–H groups in total. The topological polar surface area (TPSA) is 36.9 Å². The summed E-state index contributed by atoms with van der Waals surface area (Å²) in [7, 11) is 6.17. The van der Waals surface area contributed by atoms with E-state index in [9.17, 15) is 0 Å². The van der Waals surface area contributed by atoms with Crippen molar-refractivity contribution in [2.75, 3.05) is 28.4 Å². The van der Waals surface area contributed by atoms with Gasteiger partial charge in [-0.1, -0.05) is 0 Å². The third-order valence-electron chi connectivity index (χ3n) is 1.80. The summed E-state index contributed by atoms with van der Waals surface area (Å²) in [4.78, 5) is 0. The fourth-order valence-corrected chi connectivity index (χ4v) is 1.16. The van der Waals surface area contributed by atoms with Crippen molar-refractivity contribution in [3.63, 3.8) is 0 Å². The van der Waals surface area contributed by atoms with E-state index >= 15 is 0 Å². The SMILES string of the molecule is COc1[c-]cc(OC)c(OC)c1OC.[Mn]. The molecule has 1 aromatic carbocycles. The molecule has 5 heteroatoms. The van der Waals surface area contributed by atoms with E-state index in [1.165, 1.54) is 7.11 Å². The Kier molecular flexibility index (Phi) is 5.97. The van der Waals surface area contributed by atoms with Crippen molar-refractivity contribution < 1.29 is 36.0 Å². The van der Waals surface area contributed by atoms with Crippen LogP contribution in [0.3, 0.4) is 0 Å². The van der Waals surface area contributed by atoms with E-state index in [0.29, 0.717) is 23.0 Å². The van der Waals surface area contributed by atoms with Gasteiger partial charge in [-0.05, 0) is 0 Å². The quantitative estimate of drug-likeness (QED) is 0.601. The van der Waals surface area contributed by atoms with Crippen molar-refractivity contribution in [1.82, 2.24) is 0 Å². The summed E-state index contributed by atoms with van der Waals surface area (Å²) in [5.41, 5.74) is 0. The molecule has 0 spiro atoms. The summed E-state index contributed by atoms with van der Waals surface area (Å²) in [6.07, 6.45) is 0. The van der Waals surface area contributed by atoms with Crippen LogP contribution in [0.1, 0.15) is 0 Å². The Morgan fingerprint density at radius 1 is 0.867 bits per heavy atom. The first-order valence-corrected chi connectivity index (χ1v) is 4.03. The van der Waals surface area contributed by atoms with Crippen LogP contribution in [0.5, 0.6) is 23.0 Å². The average Bonchev–Trinajstić information content (AvgIpc) is 2.26. The van der Waals surface area contributed by atoms with Crippen LogP contribution in [0.25, 0.3) is 0 Å². The first kappa shape index (κ1) is 13.9. The van der Waals surface area contributed by atoms with Crippen molar-refractivity contribution in [1.29, 1.82) is 0 Å². The van der Waals surface area contributed by atoms with Crippen LogP contribution >= 0.6 is 0 Å². The summed E-state index contributed by atoms with van der Waals surface area (Å²) in [5, 5.41) is 0. The summed E-state index contributed by atoms with van der Waals surface area (Å²) >= 11 is 0. The van der Waals surface area contributed by atoms with Crippen molar-refractivity contribution in [2.45, 2.75) is 0 Å². The molecular formula is C10H13MnO4-. The van der Waals surface area contributed by atoms with Gasteiger partial charge >= 0.3 is 0 Å². The fraction of sp³-hybridized carbons (Fsp3) is 0.400. The number of hydrogen-bond acceptors (Lipinski definition) is 4. The van der Waals surface area contributed by atoms with Crippen molar-refractivity contribution in [3.8, 4) is 23.0 Å². The minimum absolute atomic E-state index is 0. The van der Waals surface area contributed by atoms with Gasteiger partial charge in [0.25, 0.3) is 0 Å². The zero-order valence-electron chi connectivity index (χ0n) is 9.09. The van der Waals surface area contributed by atoms with E-state index in [1.807, 2.05) is 0 Å². The maximum Gasteiger partial charge on any atom is 0.0960 e. The molecule has 0 bridgehead atoms. The van der Waals surface area contributed by atoms with Crippen LogP contribution in [-0.2, 0) is 17.1 Å². The Morgan fingerprint density at radius 2 is 1.47 bits per heavy atom. The molecule has 0 fully saturated rings. The van der Waals surface area contributed by atoms with E-state index in [4.69, 9.17) is 18.9 Å². The number of rotatable bonds is 4. The van der Waals surface area contributed by atoms with Gasteiger partial charge in [-0.15, -0.1) is 12.1 Å².